The summed E-state index contributed by atoms with van der Waals surface area (Å²) in [6.07, 6.45) is 5.58. The summed E-state index contributed by atoms with van der Waals surface area (Å²) in [4.78, 5) is 7.60. The van der Waals surface area contributed by atoms with Gasteiger partial charge in [-0.3, -0.25) is 5.43 Å². The van der Waals surface area contributed by atoms with Crippen molar-refractivity contribution < 1.29 is 4.39 Å². The average molecular weight is 241 g/mol. The van der Waals surface area contributed by atoms with E-state index in [0.29, 0.717) is 0 Å². The number of aromatic nitrogens is 2. The number of anilines is 2. The van der Waals surface area contributed by atoms with E-state index in [9.17, 15) is 4.39 Å². The van der Waals surface area contributed by atoms with E-state index in [1.165, 1.54) is 12.8 Å². The monoisotopic (exact) mass is 241 g/mol. The Morgan fingerprint density at radius 2 is 2.24 bits per heavy atom. The molecule has 0 saturated heterocycles. The molecule has 1 atom stereocenters. The Hall–Kier alpha value is -1.43. The number of hydrazine groups is 1. The fraction of sp³-hybridized carbons (Fsp3) is 0.636. The minimum Gasteiger partial charge on any atom is -0.365 e. The number of unbranched alkanes of at least 4 members (excludes halogenated alkanes) is 2. The van der Waals surface area contributed by atoms with Crippen LogP contribution in [0.2, 0.25) is 0 Å². The van der Waals surface area contributed by atoms with E-state index in [0.717, 1.165) is 19.0 Å². The van der Waals surface area contributed by atoms with Crippen molar-refractivity contribution in [2.75, 3.05) is 10.7 Å². The van der Waals surface area contributed by atoms with Crippen LogP contribution in [0, 0.1) is 5.82 Å². The highest BCUT2D eigenvalue weighted by molar-refractivity contribution is 5.41. The molecule has 4 N–H and O–H groups in total. The summed E-state index contributed by atoms with van der Waals surface area (Å²) in [6.45, 7) is 4.16. The van der Waals surface area contributed by atoms with Gasteiger partial charge >= 0.3 is 0 Å². The van der Waals surface area contributed by atoms with Crippen molar-refractivity contribution in [1.82, 2.24) is 9.97 Å². The molecule has 5 nitrogen and oxygen atoms in total. The minimum absolute atomic E-state index is 0.177. The van der Waals surface area contributed by atoms with E-state index >= 15 is 0 Å². The van der Waals surface area contributed by atoms with Crippen LogP contribution in [0.4, 0.5) is 16.2 Å². The molecule has 1 rings (SSSR count). The van der Waals surface area contributed by atoms with E-state index in [1.54, 1.807) is 0 Å². The van der Waals surface area contributed by atoms with E-state index in [4.69, 9.17) is 5.84 Å². The molecule has 1 aromatic heterocycles. The van der Waals surface area contributed by atoms with Crippen LogP contribution in [0.25, 0.3) is 0 Å². The molecule has 0 saturated carbocycles. The molecule has 1 aromatic rings. The van der Waals surface area contributed by atoms with Gasteiger partial charge in [-0.1, -0.05) is 26.2 Å². The third-order valence-corrected chi connectivity index (χ3v) is 2.50. The number of nitrogen functional groups attached to an aromatic ring is 1. The summed E-state index contributed by atoms with van der Waals surface area (Å²) in [6, 6.07) is 0.177. The molecule has 0 aliphatic carbocycles. The lowest BCUT2D eigenvalue weighted by molar-refractivity contribution is 0.591. The van der Waals surface area contributed by atoms with Gasteiger partial charge in [-0.25, -0.2) is 15.2 Å². The first-order chi connectivity index (χ1) is 8.17. The molecule has 0 aliphatic heterocycles. The molecule has 0 bridgehead atoms. The zero-order valence-electron chi connectivity index (χ0n) is 10.3. The lowest BCUT2D eigenvalue weighted by Gasteiger charge is -2.15. The van der Waals surface area contributed by atoms with Crippen LogP contribution in [0.15, 0.2) is 6.20 Å². The smallest absolute Gasteiger partial charge is 0.239 e. The second kappa shape index (κ2) is 7.01. The lowest BCUT2D eigenvalue weighted by atomic mass is 10.1. The van der Waals surface area contributed by atoms with E-state index in [1.807, 2.05) is 6.92 Å². The van der Waals surface area contributed by atoms with Gasteiger partial charge in [-0.15, -0.1) is 0 Å². The van der Waals surface area contributed by atoms with Gasteiger partial charge < -0.3 is 5.32 Å². The highest BCUT2D eigenvalue weighted by Crippen LogP contribution is 2.14. The van der Waals surface area contributed by atoms with Crippen LogP contribution in [0.1, 0.15) is 39.5 Å². The number of rotatable bonds is 7. The third-order valence-electron chi connectivity index (χ3n) is 2.50. The van der Waals surface area contributed by atoms with Crippen molar-refractivity contribution in [2.45, 2.75) is 45.6 Å². The van der Waals surface area contributed by atoms with Crippen molar-refractivity contribution in [3.63, 3.8) is 0 Å². The second-order valence-corrected chi connectivity index (χ2v) is 4.08. The predicted octanol–water partition coefficient (Wildman–Crippen LogP) is 2.28. The molecule has 1 unspecified atom stereocenters. The molecule has 0 fully saturated rings. The maximum atomic E-state index is 13.4. The number of nitrogens with zero attached hydrogens (tertiary/aromatic N) is 2. The maximum Gasteiger partial charge on any atom is 0.239 e. The molecule has 6 heteroatoms. The number of nitrogens with one attached hydrogen (secondary N) is 2. The molecule has 0 aliphatic rings. The number of hydrogen-bond acceptors (Lipinski definition) is 5. The van der Waals surface area contributed by atoms with Crippen LogP contribution in [0.3, 0.4) is 0 Å². The third kappa shape index (κ3) is 4.52. The largest absolute Gasteiger partial charge is 0.365 e. The molecular formula is C11H20FN5. The van der Waals surface area contributed by atoms with Gasteiger partial charge in [-0.2, -0.15) is 4.98 Å². The summed E-state index contributed by atoms with van der Waals surface area (Å²) < 4.78 is 13.4. The Morgan fingerprint density at radius 3 is 2.88 bits per heavy atom. The SMILES string of the molecule is CCCCCC(C)Nc1nc(NN)ncc1F. The maximum absolute atomic E-state index is 13.4. The Bertz CT molecular complexity index is 345. The quantitative estimate of drug-likeness (QED) is 0.388. The summed E-state index contributed by atoms with van der Waals surface area (Å²) in [5, 5.41) is 3.02. The van der Waals surface area contributed by atoms with Crippen LogP contribution in [0.5, 0.6) is 0 Å². The fourth-order valence-corrected chi connectivity index (χ4v) is 1.54. The first kappa shape index (κ1) is 13.6. The first-order valence-electron chi connectivity index (χ1n) is 5.93. The fourth-order valence-electron chi connectivity index (χ4n) is 1.54. The molecule has 0 radical (unpaired) electrons. The Kier molecular flexibility index (Phi) is 5.62. The number of nitrogens with two attached hydrogens (primary N) is 1. The van der Waals surface area contributed by atoms with Crippen LogP contribution < -0.4 is 16.6 Å². The van der Waals surface area contributed by atoms with Gasteiger partial charge in [0.1, 0.15) is 0 Å². The normalized spacial score (nSPS) is 12.2. The molecule has 17 heavy (non-hydrogen) atoms. The van der Waals surface area contributed by atoms with Gasteiger partial charge in [0, 0.05) is 6.04 Å². The Labute approximate surface area is 101 Å². The number of halogens is 1. The summed E-state index contributed by atoms with van der Waals surface area (Å²) in [7, 11) is 0. The molecular weight excluding hydrogens is 221 g/mol. The van der Waals surface area contributed by atoms with Crippen molar-refractivity contribution in [3.8, 4) is 0 Å². The van der Waals surface area contributed by atoms with Crippen molar-refractivity contribution in [2.24, 2.45) is 5.84 Å². The predicted molar refractivity (Wildman–Crippen MR) is 67.0 cm³/mol. The average Bonchev–Trinajstić information content (AvgIpc) is 2.32. The summed E-state index contributed by atoms with van der Waals surface area (Å²) >= 11 is 0. The van der Waals surface area contributed by atoms with Gasteiger partial charge in [0.25, 0.3) is 0 Å². The van der Waals surface area contributed by atoms with Gasteiger partial charge in [0.2, 0.25) is 5.95 Å². The van der Waals surface area contributed by atoms with Crippen molar-refractivity contribution in [3.05, 3.63) is 12.0 Å². The van der Waals surface area contributed by atoms with E-state index in [-0.39, 0.29) is 17.8 Å². The topological polar surface area (TPSA) is 75.9 Å². The van der Waals surface area contributed by atoms with Gasteiger partial charge in [-0.05, 0) is 13.3 Å². The minimum atomic E-state index is -0.466. The molecule has 96 valence electrons. The van der Waals surface area contributed by atoms with E-state index < -0.39 is 5.82 Å². The second-order valence-electron chi connectivity index (χ2n) is 4.08. The zero-order valence-corrected chi connectivity index (χ0v) is 10.3. The summed E-state index contributed by atoms with van der Waals surface area (Å²) in [5.74, 6) is 5.10. The van der Waals surface area contributed by atoms with E-state index in [2.05, 4.69) is 27.6 Å². The Balaban J connectivity index is 2.54. The van der Waals surface area contributed by atoms with Crippen molar-refractivity contribution in [1.29, 1.82) is 0 Å². The number of hydrogen-bond donors (Lipinski definition) is 3. The lowest BCUT2D eigenvalue weighted by Crippen LogP contribution is -2.19. The Morgan fingerprint density at radius 1 is 1.47 bits per heavy atom. The zero-order chi connectivity index (χ0) is 12.7. The highest BCUT2D eigenvalue weighted by atomic mass is 19.1. The molecule has 0 aromatic carbocycles. The summed E-state index contributed by atoms with van der Waals surface area (Å²) in [5.41, 5.74) is 2.29. The van der Waals surface area contributed by atoms with Crippen LogP contribution in [-0.2, 0) is 0 Å². The molecule has 0 amide bonds. The van der Waals surface area contributed by atoms with Gasteiger partial charge in [0.05, 0.1) is 6.20 Å². The molecule has 0 spiro atoms. The van der Waals surface area contributed by atoms with Crippen LogP contribution in [-0.4, -0.2) is 16.0 Å². The van der Waals surface area contributed by atoms with Crippen LogP contribution >= 0.6 is 0 Å². The molecule has 1 heterocycles. The standard InChI is InChI=1S/C11H20FN5/c1-3-4-5-6-8(2)15-10-9(12)7-14-11(16-10)17-13/h7-8H,3-6,13H2,1-2H3,(H2,14,15,16,17). The van der Waals surface area contributed by atoms with Crippen molar-refractivity contribution >= 4 is 11.8 Å². The highest BCUT2D eigenvalue weighted by Gasteiger charge is 2.09. The van der Waals surface area contributed by atoms with Gasteiger partial charge in [0.15, 0.2) is 11.6 Å². The first-order valence-corrected chi connectivity index (χ1v) is 5.93.